The highest BCUT2D eigenvalue weighted by Gasteiger charge is 2.15. The van der Waals surface area contributed by atoms with Crippen molar-refractivity contribution in [3.63, 3.8) is 0 Å². The van der Waals surface area contributed by atoms with Gasteiger partial charge in [-0.25, -0.2) is 0 Å². The van der Waals surface area contributed by atoms with Gasteiger partial charge in [-0.2, -0.15) is 0 Å². The molecule has 76 valence electrons. The molecule has 4 N–H and O–H groups in total. The van der Waals surface area contributed by atoms with Gasteiger partial charge in [-0.1, -0.05) is 30.3 Å². The van der Waals surface area contributed by atoms with Crippen LogP contribution in [0.3, 0.4) is 0 Å². The fraction of sp³-hybridized carbons (Fsp3) is 0.300. The summed E-state index contributed by atoms with van der Waals surface area (Å²) in [5.74, 6) is -0.876. The zero-order valence-corrected chi connectivity index (χ0v) is 7.81. The highest BCUT2D eigenvalue weighted by Crippen LogP contribution is 2.02. The molecule has 0 heterocycles. The van der Waals surface area contributed by atoms with Crippen LogP contribution in [0.2, 0.25) is 0 Å². The highest BCUT2D eigenvalue weighted by atomic mass is 16.4. The quantitative estimate of drug-likeness (QED) is 0.585. The molecular weight excluding hydrogens is 180 g/mol. The summed E-state index contributed by atoms with van der Waals surface area (Å²) in [6.07, 6.45) is 0.452. The molecule has 0 aliphatic rings. The Morgan fingerprint density at radius 1 is 1.43 bits per heavy atom. The van der Waals surface area contributed by atoms with Crippen LogP contribution in [0.4, 0.5) is 0 Å². The Morgan fingerprint density at radius 3 is 2.57 bits per heavy atom. The van der Waals surface area contributed by atoms with Crippen molar-refractivity contribution in [3.05, 3.63) is 35.9 Å². The van der Waals surface area contributed by atoms with Crippen molar-refractivity contribution < 1.29 is 9.90 Å². The first-order valence-corrected chi connectivity index (χ1v) is 4.44. The van der Waals surface area contributed by atoms with Gasteiger partial charge in [0.05, 0.1) is 0 Å². The van der Waals surface area contributed by atoms with E-state index in [-0.39, 0.29) is 6.67 Å². The average Bonchev–Trinajstić information content (AvgIpc) is 2.18. The SMILES string of the molecule is NCNC(Cc1ccccc1)C(=O)O. The summed E-state index contributed by atoms with van der Waals surface area (Å²) in [7, 11) is 0. The maximum atomic E-state index is 10.8. The molecule has 0 radical (unpaired) electrons. The first-order chi connectivity index (χ1) is 6.74. The molecule has 14 heavy (non-hydrogen) atoms. The van der Waals surface area contributed by atoms with Crippen molar-refractivity contribution in [1.29, 1.82) is 0 Å². The van der Waals surface area contributed by atoms with E-state index in [1.54, 1.807) is 0 Å². The van der Waals surface area contributed by atoms with Gasteiger partial charge in [0.1, 0.15) is 6.04 Å². The van der Waals surface area contributed by atoms with Gasteiger partial charge < -0.3 is 10.8 Å². The number of carboxylic acid groups (broad SMARTS) is 1. The van der Waals surface area contributed by atoms with Crippen molar-refractivity contribution in [2.45, 2.75) is 12.5 Å². The molecule has 0 aliphatic carbocycles. The first kappa shape index (κ1) is 10.7. The molecule has 1 unspecified atom stereocenters. The number of aliphatic carboxylic acids is 1. The number of nitrogens with two attached hydrogens (primary N) is 1. The van der Waals surface area contributed by atoms with E-state index in [0.29, 0.717) is 6.42 Å². The molecule has 0 aromatic heterocycles. The van der Waals surface area contributed by atoms with E-state index >= 15 is 0 Å². The molecule has 0 fully saturated rings. The molecule has 0 saturated heterocycles. The fourth-order valence-corrected chi connectivity index (χ4v) is 1.24. The Balaban J connectivity index is 2.60. The summed E-state index contributed by atoms with van der Waals surface area (Å²) in [5, 5.41) is 11.6. The number of rotatable bonds is 5. The van der Waals surface area contributed by atoms with Gasteiger partial charge in [0.15, 0.2) is 0 Å². The van der Waals surface area contributed by atoms with Crippen LogP contribution in [0.15, 0.2) is 30.3 Å². The number of benzene rings is 1. The second kappa shape index (κ2) is 5.36. The van der Waals surface area contributed by atoms with Crippen LogP contribution < -0.4 is 11.1 Å². The van der Waals surface area contributed by atoms with Gasteiger partial charge in [0.25, 0.3) is 0 Å². The highest BCUT2D eigenvalue weighted by molar-refractivity contribution is 5.73. The van der Waals surface area contributed by atoms with Gasteiger partial charge in [-0.3, -0.25) is 10.1 Å². The normalized spacial score (nSPS) is 12.4. The van der Waals surface area contributed by atoms with Crippen molar-refractivity contribution >= 4 is 5.97 Å². The average molecular weight is 194 g/mol. The summed E-state index contributed by atoms with van der Waals surface area (Å²) >= 11 is 0. The molecule has 0 aliphatic heterocycles. The van der Waals surface area contributed by atoms with Crippen molar-refractivity contribution in [1.82, 2.24) is 5.32 Å². The van der Waals surface area contributed by atoms with Gasteiger partial charge in [-0.15, -0.1) is 0 Å². The lowest BCUT2D eigenvalue weighted by Gasteiger charge is -2.12. The molecule has 0 spiro atoms. The van der Waals surface area contributed by atoms with Crippen LogP contribution in [0.5, 0.6) is 0 Å². The summed E-state index contributed by atoms with van der Waals surface area (Å²) in [4.78, 5) is 10.8. The van der Waals surface area contributed by atoms with Crippen LogP contribution in [0, 0.1) is 0 Å². The topological polar surface area (TPSA) is 75.3 Å². The minimum absolute atomic E-state index is 0.170. The molecule has 1 aromatic rings. The van der Waals surface area contributed by atoms with E-state index in [0.717, 1.165) is 5.56 Å². The molecule has 1 aromatic carbocycles. The molecule has 0 saturated carbocycles. The van der Waals surface area contributed by atoms with Crippen molar-refractivity contribution in [2.75, 3.05) is 6.67 Å². The van der Waals surface area contributed by atoms with Crippen LogP contribution >= 0.6 is 0 Å². The van der Waals surface area contributed by atoms with Gasteiger partial charge >= 0.3 is 5.97 Å². The summed E-state index contributed by atoms with van der Waals surface area (Å²) < 4.78 is 0. The zero-order chi connectivity index (χ0) is 10.4. The largest absolute Gasteiger partial charge is 0.480 e. The Bertz CT molecular complexity index is 287. The summed E-state index contributed by atoms with van der Waals surface area (Å²) in [6.45, 7) is 0.170. The predicted molar refractivity (Wildman–Crippen MR) is 53.8 cm³/mol. The number of carboxylic acids is 1. The second-order valence-electron chi connectivity index (χ2n) is 2.99. The maximum absolute atomic E-state index is 10.8. The van der Waals surface area contributed by atoms with Crippen LogP contribution in [0.25, 0.3) is 0 Å². The smallest absolute Gasteiger partial charge is 0.321 e. The summed E-state index contributed by atoms with van der Waals surface area (Å²) in [6, 6.07) is 8.85. The van der Waals surface area contributed by atoms with Crippen LogP contribution in [-0.2, 0) is 11.2 Å². The Hall–Kier alpha value is -1.39. The zero-order valence-electron chi connectivity index (χ0n) is 7.81. The van der Waals surface area contributed by atoms with E-state index in [4.69, 9.17) is 10.8 Å². The standard InChI is InChI=1S/C10H14N2O2/c11-7-12-9(10(13)14)6-8-4-2-1-3-5-8/h1-5,9,12H,6-7,11H2,(H,13,14). The van der Waals surface area contributed by atoms with E-state index in [9.17, 15) is 4.79 Å². The Morgan fingerprint density at radius 2 is 2.07 bits per heavy atom. The van der Waals surface area contributed by atoms with E-state index < -0.39 is 12.0 Å². The van der Waals surface area contributed by atoms with Crippen molar-refractivity contribution in [2.24, 2.45) is 5.73 Å². The van der Waals surface area contributed by atoms with E-state index in [1.807, 2.05) is 30.3 Å². The number of hydrogen-bond donors (Lipinski definition) is 3. The lowest BCUT2D eigenvalue weighted by Crippen LogP contribution is -2.41. The third-order valence-corrected chi connectivity index (χ3v) is 1.94. The van der Waals surface area contributed by atoms with Crippen molar-refractivity contribution in [3.8, 4) is 0 Å². The third kappa shape index (κ3) is 3.16. The molecular formula is C10H14N2O2. The summed E-state index contributed by atoms with van der Waals surface area (Å²) in [5.41, 5.74) is 6.23. The van der Waals surface area contributed by atoms with Crippen LogP contribution in [-0.4, -0.2) is 23.8 Å². The monoisotopic (exact) mass is 194 g/mol. The Kier molecular flexibility index (Phi) is 4.10. The molecule has 4 nitrogen and oxygen atoms in total. The number of carbonyl (C=O) groups is 1. The van der Waals surface area contributed by atoms with E-state index in [2.05, 4.69) is 5.32 Å². The lowest BCUT2D eigenvalue weighted by atomic mass is 10.1. The number of hydrogen-bond acceptors (Lipinski definition) is 3. The molecule has 0 amide bonds. The van der Waals surface area contributed by atoms with Gasteiger partial charge in [-0.05, 0) is 12.0 Å². The van der Waals surface area contributed by atoms with Crippen LogP contribution in [0.1, 0.15) is 5.56 Å². The minimum Gasteiger partial charge on any atom is -0.480 e. The molecule has 0 bridgehead atoms. The second-order valence-corrected chi connectivity index (χ2v) is 2.99. The van der Waals surface area contributed by atoms with E-state index in [1.165, 1.54) is 0 Å². The van der Waals surface area contributed by atoms with Gasteiger partial charge in [0, 0.05) is 6.67 Å². The van der Waals surface area contributed by atoms with Gasteiger partial charge in [0.2, 0.25) is 0 Å². The molecule has 1 atom stereocenters. The maximum Gasteiger partial charge on any atom is 0.321 e. The minimum atomic E-state index is -0.876. The lowest BCUT2D eigenvalue weighted by molar-refractivity contribution is -0.139. The Labute approximate surface area is 82.7 Å². The molecule has 4 heteroatoms. The first-order valence-electron chi connectivity index (χ1n) is 4.44. The molecule has 1 rings (SSSR count). The third-order valence-electron chi connectivity index (χ3n) is 1.94. The fourth-order valence-electron chi connectivity index (χ4n) is 1.24. The predicted octanol–water partition coefficient (Wildman–Crippen LogP) is 0.188. The number of nitrogens with one attached hydrogen (secondary N) is 1.